The summed E-state index contributed by atoms with van der Waals surface area (Å²) in [4.78, 5) is 29.6. The number of nitrogens with zero attached hydrogens (tertiary/aromatic N) is 4. The van der Waals surface area contributed by atoms with Gasteiger partial charge in [0.05, 0.1) is 12.6 Å². The molecule has 0 spiro atoms. The zero-order valence-electron chi connectivity index (χ0n) is 15.8. The largest absolute Gasteiger partial charge is 0.497 e. The molecule has 8 heteroatoms. The monoisotopic (exact) mass is 377 g/mol. The number of methoxy groups -OCH3 is 1. The molecule has 142 valence electrons. The van der Waals surface area contributed by atoms with Crippen LogP contribution in [0, 0.1) is 13.8 Å². The molecule has 0 fully saturated rings. The van der Waals surface area contributed by atoms with Crippen molar-refractivity contribution in [3.63, 3.8) is 0 Å². The molecule has 1 N–H and O–H groups in total. The van der Waals surface area contributed by atoms with Crippen LogP contribution < -0.4 is 15.7 Å². The highest BCUT2D eigenvalue weighted by Crippen LogP contribution is 2.23. The Hall–Kier alpha value is -3.68. The van der Waals surface area contributed by atoms with E-state index in [9.17, 15) is 9.59 Å². The van der Waals surface area contributed by atoms with Crippen LogP contribution in [0.4, 0.5) is 5.82 Å². The van der Waals surface area contributed by atoms with E-state index in [1.165, 1.54) is 4.40 Å². The van der Waals surface area contributed by atoms with Gasteiger partial charge in [-0.3, -0.25) is 4.79 Å². The van der Waals surface area contributed by atoms with E-state index >= 15 is 0 Å². The number of pyridine rings is 2. The lowest BCUT2D eigenvalue weighted by atomic mass is 10.1. The van der Waals surface area contributed by atoms with Crippen LogP contribution in [0.1, 0.15) is 11.3 Å². The number of anilines is 1. The molecule has 1 amide bonds. The molecule has 0 atom stereocenters. The van der Waals surface area contributed by atoms with Crippen molar-refractivity contribution in [1.82, 2.24) is 19.2 Å². The molecule has 28 heavy (non-hydrogen) atoms. The smallest absolute Gasteiger partial charge is 0.351 e. The molecule has 4 rings (SSSR count). The van der Waals surface area contributed by atoms with Gasteiger partial charge >= 0.3 is 5.69 Å². The zero-order chi connectivity index (χ0) is 19.8. The number of ether oxygens (including phenoxy) is 1. The number of aryl methyl sites for hydroxylation is 2. The van der Waals surface area contributed by atoms with E-state index in [4.69, 9.17) is 4.74 Å². The number of carbonyl (C=O) groups is 1. The molecule has 0 bridgehead atoms. The third-order valence-corrected chi connectivity index (χ3v) is 4.49. The SMILES string of the molecule is COc1ccc2cc(C)c3nn(CC(=O)Nc4cccc(C)n4)c(=O)n3c2c1. The van der Waals surface area contributed by atoms with Crippen molar-refractivity contribution < 1.29 is 9.53 Å². The van der Waals surface area contributed by atoms with Gasteiger partial charge in [-0.1, -0.05) is 6.07 Å². The molecule has 0 aliphatic carbocycles. The van der Waals surface area contributed by atoms with E-state index < -0.39 is 0 Å². The highest BCUT2D eigenvalue weighted by molar-refractivity contribution is 5.89. The number of fused-ring (bicyclic) bond motifs is 3. The number of benzene rings is 1. The minimum Gasteiger partial charge on any atom is -0.497 e. The lowest BCUT2D eigenvalue weighted by Crippen LogP contribution is -2.28. The Morgan fingerprint density at radius 3 is 2.75 bits per heavy atom. The second-order valence-electron chi connectivity index (χ2n) is 6.56. The van der Waals surface area contributed by atoms with E-state index in [1.807, 2.05) is 38.1 Å². The van der Waals surface area contributed by atoms with Crippen LogP contribution in [0.2, 0.25) is 0 Å². The first-order valence-electron chi connectivity index (χ1n) is 8.77. The van der Waals surface area contributed by atoms with Gasteiger partial charge < -0.3 is 10.1 Å². The molecule has 3 heterocycles. The van der Waals surface area contributed by atoms with E-state index in [2.05, 4.69) is 15.4 Å². The van der Waals surface area contributed by atoms with Crippen LogP contribution in [0.3, 0.4) is 0 Å². The fraction of sp³-hybridized carbons (Fsp3) is 0.200. The Morgan fingerprint density at radius 1 is 1.18 bits per heavy atom. The quantitative estimate of drug-likeness (QED) is 0.589. The molecule has 3 aromatic heterocycles. The number of hydrogen-bond donors (Lipinski definition) is 1. The predicted molar refractivity (Wildman–Crippen MR) is 106 cm³/mol. The predicted octanol–water partition coefficient (Wildman–Crippen LogP) is 2.31. The van der Waals surface area contributed by atoms with Crippen molar-refractivity contribution >= 4 is 28.3 Å². The molecule has 0 unspecified atom stereocenters. The Balaban J connectivity index is 1.75. The van der Waals surface area contributed by atoms with E-state index in [0.29, 0.717) is 22.7 Å². The average Bonchev–Trinajstić information content (AvgIpc) is 2.99. The van der Waals surface area contributed by atoms with Crippen LogP contribution in [0.15, 0.2) is 47.3 Å². The standard InChI is InChI=1S/C20H19N5O3/c1-12-9-14-7-8-15(28-3)10-16(14)25-19(12)23-24(20(25)27)11-18(26)22-17-6-4-5-13(2)21-17/h4-10H,11H2,1-3H3,(H,21,22,26). The third-order valence-electron chi connectivity index (χ3n) is 4.49. The van der Waals surface area contributed by atoms with Crippen molar-refractivity contribution in [2.75, 3.05) is 12.4 Å². The molecule has 0 aliphatic rings. The lowest BCUT2D eigenvalue weighted by molar-refractivity contribution is -0.117. The van der Waals surface area contributed by atoms with Crippen LogP contribution >= 0.6 is 0 Å². The van der Waals surface area contributed by atoms with Crippen LogP contribution in [-0.2, 0) is 11.3 Å². The summed E-state index contributed by atoms with van der Waals surface area (Å²) < 4.78 is 7.94. The number of hydrogen-bond acceptors (Lipinski definition) is 5. The van der Waals surface area contributed by atoms with Crippen LogP contribution in [0.5, 0.6) is 5.75 Å². The summed E-state index contributed by atoms with van der Waals surface area (Å²) in [6.07, 6.45) is 0. The topological polar surface area (TPSA) is 90.5 Å². The Morgan fingerprint density at radius 2 is 2.00 bits per heavy atom. The summed E-state index contributed by atoms with van der Waals surface area (Å²) in [6, 6.07) is 12.8. The highest BCUT2D eigenvalue weighted by Gasteiger charge is 2.15. The van der Waals surface area contributed by atoms with Gasteiger partial charge in [0, 0.05) is 11.8 Å². The van der Waals surface area contributed by atoms with Crippen molar-refractivity contribution in [2.45, 2.75) is 20.4 Å². The van der Waals surface area contributed by atoms with Gasteiger partial charge in [0.15, 0.2) is 5.65 Å². The van der Waals surface area contributed by atoms with Gasteiger partial charge in [0.1, 0.15) is 18.1 Å². The maximum absolute atomic E-state index is 13.0. The maximum atomic E-state index is 13.0. The Bertz CT molecular complexity index is 1270. The Kier molecular flexibility index (Phi) is 4.31. The van der Waals surface area contributed by atoms with E-state index in [0.717, 1.165) is 21.3 Å². The first kappa shape index (κ1) is 17.7. The summed E-state index contributed by atoms with van der Waals surface area (Å²) in [5, 5.41) is 7.95. The zero-order valence-corrected chi connectivity index (χ0v) is 15.8. The lowest BCUT2D eigenvalue weighted by Gasteiger charge is -2.05. The second-order valence-corrected chi connectivity index (χ2v) is 6.56. The van der Waals surface area contributed by atoms with Gasteiger partial charge in [-0.25, -0.2) is 18.9 Å². The molecule has 8 nitrogen and oxygen atoms in total. The summed E-state index contributed by atoms with van der Waals surface area (Å²) in [5.41, 5.74) is 2.43. The van der Waals surface area contributed by atoms with Crippen molar-refractivity contribution in [3.05, 3.63) is 64.2 Å². The molecule has 0 radical (unpaired) electrons. The van der Waals surface area contributed by atoms with Gasteiger partial charge in [0.2, 0.25) is 5.91 Å². The summed E-state index contributed by atoms with van der Waals surface area (Å²) in [6.45, 7) is 3.51. The highest BCUT2D eigenvalue weighted by atomic mass is 16.5. The van der Waals surface area contributed by atoms with Crippen molar-refractivity contribution in [2.24, 2.45) is 0 Å². The number of carbonyl (C=O) groups excluding carboxylic acids is 1. The fourth-order valence-electron chi connectivity index (χ4n) is 3.18. The molecular formula is C20H19N5O3. The molecular weight excluding hydrogens is 358 g/mol. The second kappa shape index (κ2) is 6.80. The molecule has 1 aromatic carbocycles. The maximum Gasteiger partial charge on any atom is 0.351 e. The first-order valence-corrected chi connectivity index (χ1v) is 8.77. The van der Waals surface area contributed by atoms with Gasteiger partial charge in [-0.2, -0.15) is 0 Å². The first-order chi connectivity index (χ1) is 13.5. The number of aromatic nitrogens is 4. The molecule has 0 aliphatic heterocycles. The number of nitrogens with one attached hydrogen (secondary N) is 1. The minimum absolute atomic E-state index is 0.207. The fourth-order valence-corrected chi connectivity index (χ4v) is 3.18. The van der Waals surface area contributed by atoms with Crippen LogP contribution in [0.25, 0.3) is 16.6 Å². The van der Waals surface area contributed by atoms with E-state index in [-0.39, 0.29) is 18.1 Å². The van der Waals surface area contributed by atoms with Gasteiger partial charge in [-0.15, -0.1) is 5.10 Å². The molecule has 4 aromatic rings. The normalized spacial score (nSPS) is 11.1. The number of amides is 1. The summed E-state index contributed by atoms with van der Waals surface area (Å²) in [7, 11) is 1.57. The summed E-state index contributed by atoms with van der Waals surface area (Å²) >= 11 is 0. The summed E-state index contributed by atoms with van der Waals surface area (Å²) in [5.74, 6) is 0.705. The average molecular weight is 377 g/mol. The van der Waals surface area contributed by atoms with Crippen LogP contribution in [-0.4, -0.2) is 32.2 Å². The van der Waals surface area contributed by atoms with Crippen molar-refractivity contribution in [3.8, 4) is 5.75 Å². The van der Waals surface area contributed by atoms with Crippen molar-refractivity contribution in [1.29, 1.82) is 0 Å². The molecule has 0 saturated carbocycles. The Labute approximate surface area is 160 Å². The van der Waals surface area contributed by atoms with E-state index in [1.54, 1.807) is 25.3 Å². The van der Waals surface area contributed by atoms with Gasteiger partial charge in [-0.05, 0) is 55.1 Å². The number of rotatable bonds is 4. The third kappa shape index (κ3) is 3.09. The van der Waals surface area contributed by atoms with Gasteiger partial charge in [0.25, 0.3) is 0 Å². The minimum atomic E-state index is -0.385. The molecule has 0 saturated heterocycles.